The Morgan fingerprint density at radius 2 is 2.00 bits per heavy atom. The lowest BCUT2D eigenvalue weighted by Gasteiger charge is -2.18. The van der Waals surface area contributed by atoms with Gasteiger partial charge in [0.1, 0.15) is 0 Å². The lowest BCUT2D eigenvalue weighted by Crippen LogP contribution is -2.37. The van der Waals surface area contributed by atoms with Crippen molar-refractivity contribution in [3.63, 3.8) is 0 Å². The highest BCUT2D eigenvalue weighted by atomic mass is 127. The topological polar surface area (TPSA) is 63.6 Å². The predicted octanol–water partition coefficient (Wildman–Crippen LogP) is 0.828. The molecule has 0 aromatic carbocycles. The number of aliphatic carboxylic acids is 1. The number of ether oxygens (including phenoxy) is 1. The van der Waals surface area contributed by atoms with Crippen LogP contribution in [0.3, 0.4) is 0 Å². The van der Waals surface area contributed by atoms with Crippen molar-refractivity contribution in [3.8, 4) is 0 Å². The molecule has 0 atom stereocenters. The summed E-state index contributed by atoms with van der Waals surface area (Å²) in [6.07, 6.45) is 0. The molecule has 0 bridgehead atoms. The standard InChI is InChI=1S/C6H9IO4/c1-6(2,5(9)10)11-4(8)3-7/h3H2,1-2H3,(H,9,10). The van der Waals surface area contributed by atoms with E-state index < -0.39 is 17.5 Å². The van der Waals surface area contributed by atoms with E-state index in [0.29, 0.717) is 0 Å². The SMILES string of the molecule is CC(C)(OC(=O)CI)C(=O)O. The molecule has 11 heavy (non-hydrogen) atoms. The van der Waals surface area contributed by atoms with Gasteiger partial charge in [0.05, 0.1) is 4.43 Å². The number of hydrogen-bond donors (Lipinski definition) is 1. The first-order valence-electron chi connectivity index (χ1n) is 2.91. The molecule has 0 heterocycles. The molecule has 1 N–H and O–H groups in total. The Morgan fingerprint density at radius 3 is 2.27 bits per heavy atom. The second kappa shape index (κ2) is 3.89. The predicted molar refractivity (Wildman–Crippen MR) is 46.7 cm³/mol. The summed E-state index contributed by atoms with van der Waals surface area (Å²) in [5, 5.41) is 8.51. The zero-order chi connectivity index (χ0) is 9.07. The Balaban J connectivity index is 4.12. The van der Waals surface area contributed by atoms with Crippen LogP contribution < -0.4 is 0 Å². The highest BCUT2D eigenvalue weighted by Crippen LogP contribution is 2.09. The van der Waals surface area contributed by atoms with Crippen LogP contribution >= 0.6 is 22.6 Å². The van der Waals surface area contributed by atoms with Crippen LogP contribution in [-0.4, -0.2) is 27.1 Å². The minimum atomic E-state index is -1.41. The van der Waals surface area contributed by atoms with Crippen molar-refractivity contribution in [2.45, 2.75) is 19.4 Å². The van der Waals surface area contributed by atoms with Crippen LogP contribution in [0.4, 0.5) is 0 Å². The molecular formula is C6H9IO4. The molecule has 0 spiro atoms. The highest BCUT2D eigenvalue weighted by Gasteiger charge is 2.30. The maximum absolute atomic E-state index is 10.6. The molecule has 64 valence electrons. The average molecular weight is 272 g/mol. The quantitative estimate of drug-likeness (QED) is 0.469. The summed E-state index contributed by atoms with van der Waals surface area (Å²) in [4.78, 5) is 21.0. The van der Waals surface area contributed by atoms with E-state index in [1.807, 2.05) is 22.6 Å². The molecule has 0 aliphatic rings. The van der Waals surface area contributed by atoms with Crippen LogP contribution in [0.15, 0.2) is 0 Å². The van der Waals surface area contributed by atoms with Crippen LogP contribution in [0.1, 0.15) is 13.8 Å². The number of carboxylic acids is 1. The number of alkyl halides is 1. The first-order chi connectivity index (χ1) is 4.90. The first-order valence-corrected chi connectivity index (χ1v) is 4.44. The number of halogens is 1. The summed E-state index contributed by atoms with van der Waals surface area (Å²) in [5.74, 6) is -1.66. The van der Waals surface area contributed by atoms with Crippen LogP contribution in [0.25, 0.3) is 0 Å². The smallest absolute Gasteiger partial charge is 0.347 e. The summed E-state index contributed by atoms with van der Waals surface area (Å²) in [6.45, 7) is 2.67. The van der Waals surface area contributed by atoms with E-state index in [1.165, 1.54) is 13.8 Å². The third-order valence-corrected chi connectivity index (χ3v) is 1.62. The molecule has 0 aromatic heterocycles. The Morgan fingerprint density at radius 1 is 1.55 bits per heavy atom. The summed E-state index contributed by atoms with van der Waals surface area (Å²) < 4.78 is 4.76. The normalized spacial score (nSPS) is 10.8. The molecule has 0 radical (unpaired) electrons. The molecule has 0 aromatic rings. The number of carbonyl (C=O) groups is 2. The van der Waals surface area contributed by atoms with E-state index in [2.05, 4.69) is 4.74 Å². The van der Waals surface area contributed by atoms with Gasteiger partial charge in [-0.3, -0.25) is 4.79 Å². The molecule has 0 unspecified atom stereocenters. The Kier molecular flexibility index (Phi) is 3.77. The van der Waals surface area contributed by atoms with Gasteiger partial charge in [-0.25, -0.2) is 4.79 Å². The molecule has 0 saturated heterocycles. The third-order valence-electron chi connectivity index (χ3n) is 0.993. The molecule has 0 rings (SSSR count). The van der Waals surface area contributed by atoms with Crippen LogP contribution in [-0.2, 0) is 14.3 Å². The second-order valence-corrected chi connectivity index (χ2v) is 3.19. The van der Waals surface area contributed by atoms with Crippen molar-refractivity contribution >= 4 is 34.5 Å². The fraction of sp³-hybridized carbons (Fsp3) is 0.667. The largest absolute Gasteiger partial charge is 0.478 e. The Labute approximate surface area is 78.1 Å². The molecule has 5 heteroatoms. The van der Waals surface area contributed by atoms with Crippen molar-refractivity contribution in [1.29, 1.82) is 0 Å². The first kappa shape index (κ1) is 10.7. The summed E-state index contributed by atoms with van der Waals surface area (Å²) in [6, 6.07) is 0. The van der Waals surface area contributed by atoms with Gasteiger partial charge in [-0.1, -0.05) is 22.6 Å². The van der Waals surface area contributed by atoms with E-state index in [0.717, 1.165) is 0 Å². The van der Waals surface area contributed by atoms with Gasteiger partial charge in [0.2, 0.25) is 5.60 Å². The molecular weight excluding hydrogens is 263 g/mol. The number of esters is 1. The summed E-state index contributed by atoms with van der Waals surface area (Å²) >= 11 is 1.81. The maximum Gasteiger partial charge on any atom is 0.347 e. The van der Waals surface area contributed by atoms with Gasteiger partial charge >= 0.3 is 11.9 Å². The van der Waals surface area contributed by atoms with Gasteiger partial charge in [-0.15, -0.1) is 0 Å². The Hall–Kier alpha value is -0.330. The molecule has 0 amide bonds. The van der Waals surface area contributed by atoms with Crippen molar-refractivity contribution in [2.75, 3.05) is 4.43 Å². The van der Waals surface area contributed by atoms with Crippen molar-refractivity contribution in [1.82, 2.24) is 0 Å². The zero-order valence-corrected chi connectivity index (χ0v) is 8.41. The summed E-state index contributed by atoms with van der Waals surface area (Å²) in [7, 11) is 0. The number of rotatable bonds is 3. The lowest BCUT2D eigenvalue weighted by molar-refractivity contribution is -0.172. The average Bonchev–Trinajstić information content (AvgIpc) is 1.86. The van der Waals surface area contributed by atoms with E-state index in [1.54, 1.807) is 0 Å². The third kappa shape index (κ3) is 3.54. The van der Waals surface area contributed by atoms with E-state index in [4.69, 9.17) is 5.11 Å². The number of carboxylic acid groups (broad SMARTS) is 1. The Bertz CT molecular complexity index is 175. The van der Waals surface area contributed by atoms with Crippen molar-refractivity contribution < 1.29 is 19.4 Å². The van der Waals surface area contributed by atoms with Gasteiger partial charge in [-0.05, 0) is 13.8 Å². The van der Waals surface area contributed by atoms with Crippen molar-refractivity contribution in [2.24, 2.45) is 0 Å². The number of carbonyl (C=O) groups excluding carboxylic acids is 1. The van der Waals surface area contributed by atoms with Crippen LogP contribution in [0.2, 0.25) is 0 Å². The molecule has 0 aliphatic heterocycles. The highest BCUT2D eigenvalue weighted by molar-refractivity contribution is 14.1. The fourth-order valence-corrected chi connectivity index (χ4v) is 0.511. The van der Waals surface area contributed by atoms with Gasteiger partial charge in [0.15, 0.2) is 0 Å². The van der Waals surface area contributed by atoms with E-state index in [9.17, 15) is 9.59 Å². The van der Waals surface area contributed by atoms with Crippen LogP contribution in [0.5, 0.6) is 0 Å². The molecule has 4 nitrogen and oxygen atoms in total. The van der Waals surface area contributed by atoms with Gasteiger partial charge in [-0.2, -0.15) is 0 Å². The van der Waals surface area contributed by atoms with E-state index in [-0.39, 0.29) is 4.43 Å². The van der Waals surface area contributed by atoms with Gasteiger partial charge in [0.25, 0.3) is 0 Å². The lowest BCUT2D eigenvalue weighted by atomic mass is 10.1. The molecule has 0 saturated carbocycles. The summed E-state index contributed by atoms with van der Waals surface area (Å²) in [5.41, 5.74) is -1.41. The fourth-order valence-electron chi connectivity index (χ4n) is 0.356. The molecule has 0 aliphatic carbocycles. The van der Waals surface area contributed by atoms with Crippen molar-refractivity contribution in [3.05, 3.63) is 0 Å². The number of hydrogen-bond acceptors (Lipinski definition) is 3. The van der Waals surface area contributed by atoms with Gasteiger partial charge < -0.3 is 9.84 Å². The van der Waals surface area contributed by atoms with E-state index >= 15 is 0 Å². The molecule has 0 fully saturated rings. The monoisotopic (exact) mass is 272 g/mol. The minimum absolute atomic E-state index is 0.161. The van der Waals surface area contributed by atoms with Crippen LogP contribution in [0, 0.1) is 0 Å². The second-order valence-electron chi connectivity index (χ2n) is 2.42. The van der Waals surface area contributed by atoms with Gasteiger partial charge in [0, 0.05) is 0 Å². The minimum Gasteiger partial charge on any atom is -0.478 e. The zero-order valence-electron chi connectivity index (χ0n) is 6.26. The maximum atomic E-state index is 10.6.